The maximum atomic E-state index is 12.9. The molecular formula is C27H19Br2N3O2. The van der Waals surface area contributed by atoms with E-state index in [1.54, 1.807) is 19.2 Å². The molecule has 0 unspecified atom stereocenters. The summed E-state index contributed by atoms with van der Waals surface area (Å²) < 4.78 is 9.03. The number of aryl methyl sites for hydroxylation is 1. The maximum absolute atomic E-state index is 12.9. The molecule has 1 aromatic heterocycles. The fourth-order valence-electron chi connectivity index (χ4n) is 3.81. The first-order chi connectivity index (χ1) is 16.5. The summed E-state index contributed by atoms with van der Waals surface area (Å²) in [6.45, 7) is 2.22. The number of hydrogen-bond donors (Lipinski definition) is 0. The Morgan fingerprint density at radius 1 is 0.971 bits per heavy atom. The highest BCUT2D eigenvalue weighted by Crippen LogP contribution is 2.28. The second-order valence-corrected chi connectivity index (χ2v) is 9.57. The summed E-state index contributed by atoms with van der Waals surface area (Å²) in [5, 5.41) is 7.28. The van der Waals surface area contributed by atoms with Gasteiger partial charge in [-0.15, -0.1) is 0 Å². The Hall–Kier alpha value is -3.29. The molecule has 0 atom stereocenters. The molecule has 168 valence electrons. The predicted octanol–water partition coefficient (Wildman–Crippen LogP) is 6.84. The number of rotatable bonds is 5. The van der Waals surface area contributed by atoms with Crippen LogP contribution >= 0.6 is 31.9 Å². The van der Waals surface area contributed by atoms with Crippen molar-refractivity contribution in [3.8, 4) is 5.75 Å². The highest BCUT2D eigenvalue weighted by atomic mass is 79.9. The smallest absolute Gasteiger partial charge is 0.282 e. The molecule has 1 heterocycles. The third kappa shape index (κ3) is 4.54. The van der Waals surface area contributed by atoms with Crippen molar-refractivity contribution in [1.82, 2.24) is 9.66 Å². The summed E-state index contributed by atoms with van der Waals surface area (Å²) >= 11 is 7.00. The number of benzene rings is 4. The lowest BCUT2D eigenvalue weighted by atomic mass is 10.1. The number of fused-ring (bicyclic) bond motifs is 2. The van der Waals surface area contributed by atoms with E-state index in [1.165, 1.54) is 15.4 Å². The van der Waals surface area contributed by atoms with Crippen LogP contribution < -0.4 is 10.3 Å². The zero-order chi connectivity index (χ0) is 23.7. The molecule has 0 saturated carbocycles. The van der Waals surface area contributed by atoms with Crippen molar-refractivity contribution in [3.05, 3.63) is 115 Å². The Balaban J connectivity index is 1.37. The zero-order valence-corrected chi connectivity index (χ0v) is 21.4. The summed E-state index contributed by atoms with van der Waals surface area (Å²) in [7, 11) is 0. The Labute approximate surface area is 213 Å². The van der Waals surface area contributed by atoms with Gasteiger partial charge in [-0.2, -0.15) is 9.78 Å². The van der Waals surface area contributed by atoms with Crippen molar-refractivity contribution in [2.24, 2.45) is 5.10 Å². The van der Waals surface area contributed by atoms with Crippen LogP contribution in [0.2, 0.25) is 0 Å². The molecule has 0 N–H and O–H groups in total. The minimum absolute atomic E-state index is 0.214. The highest BCUT2D eigenvalue weighted by Gasteiger charge is 2.09. The van der Waals surface area contributed by atoms with Crippen molar-refractivity contribution in [1.29, 1.82) is 0 Å². The van der Waals surface area contributed by atoms with Crippen LogP contribution in [0.5, 0.6) is 5.75 Å². The van der Waals surface area contributed by atoms with Gasteiger partial charge in [0.25, 0.3) is 5.56 Å². The molecule has 4 aromatic carbocycles. The van der Waals surface area contributed by atoms with Crippen molar-refractivity contribution >= 4 is 59.7 Å². The fourth-order valence-corrected chi connectivity index (χ4v) is 4.68. The van der Waals surface area contributed by atoms with E-state index in [1.807, 2.05) is 48.5 Å². The summed E-state index contributed by atoms with van der Waals surface area (Å²) in [4.78, 5) is 17.4. The van der Waals surface area contributed by atoms with Crippen LogP contribution in [0.25, 0.3) is 21.7 Å². The number of ether oxygens (including phenoxy) is 1. The van der Waals surface area contributed by atoms with Crippen molar-refractivity contribution < 1.29 is 4.74 Å². The molecule has 0 amide bonds. The van der Waals surface area contributed by atoms with Gasteiger partial charge in [0.2, 0.25) is 0 Å². The molecule has 0 aliphatic carbocycles. The maximum Gasteiger partial charge on any atom is 0.282 e. The second-order valence-electron chi connectivity index (χ2n) is 7.80. The van der Waals surface area contributed by atoms with E-state index in [4.69, 9.17) is 4.74 Å². The first-order valence-corrected chi connectivity index (χ1v) is 12.2. The lowest BCUT2D eigenvalue weighted by molar-refractivity contribution is 0.305. The average molecular weight is 577 g/mol. The van der Waals surface area contributed by atoms with Crippen LogP contribution in [0, 0.1) is 6.92 Å². The largest absolute Gasteiger partial charge is 0.488 e. The van der Waals surface area contributed by atoms with Gasteiger partial charge in [-0.3, -0.25) is 4.79 Å². The van der Waals surface area contributed by atoms with E-state index in [2.05, 4.69) is 66.2 Å². The van der Waals surface area contributed by atoms with Crippen molar-refractivity contribution in [2.75, 3.05) is 0 Å². The standard InChI is InChI=1S/C27H19Br2N3O2/c1-17-31-25-11-10-21(28)14-23(25)27(33)32(17)30-15-18-9-12-26(24(29)13-18)34-16-20-7-4-6-19-5-2-3-8-22(19)20/h2-15H,16H2,1H3. The molecule has 0 bridgehead atoms. The van der Waals surface area contributed by atoms with Crippen LogP contribution in [0.3, 0.4) is 0 Å². The van der Waals surface area contributed by atoms with Gasteiger partial charge in [0.15, 0.2) is 0 Å². The predicted molar refractivity (Wildman–Crippen MR) is 144 cm³/mol. The van der Waals surface area contributed by atoms with Crippen molar-refractivity contribution in [3.63, 3.8) is 0 Å². The van der Waals surface area contributed by atoms with Gasteiger partial charge in [-0.05, 0) is 81.2 Å². The van der Waals surface area contributed by atoms with Crippen LogP contribution in [0.1, 0.15) is 17.0 Å². The van der Waals surface area contributed by atoms with Gasteiger partial charge in [0.1, 0.15) is 18.2 Å². The first-order valence-electron chi connectivity index (χ1n) is 10.6. The van der Waals surface area contributed by atoms with Crippen LogP contribution in [0.15, 0.2) is 97.7 Å². The SMILES string of the molecule is Cc1nc2ccc(Br)cc2c(=O)n1N=Cc1ccc(OCc2cccc3ccccc23)c(Br)c1. The molecule has 5 nitrogen and oxygen atoms in total. The Bertz CT molecular complexity index is 1620. The molecule has 0 aliphatic heterocycles. The number of hydrogen-bond acceptors (Lipinski definition) is 4. The number of halogens is 2. The molecule has 0 saturated heterocycles. The lowest BCUT2D eigenvalue weighted by Gasteiger charge is -2.11. The van der Waals surface area contributed by atoms with E-state index in [0.29, 0.717) is 23.3 Å². The molecule has 0 spiro atoms. The molecule has 0 radical (unpaired) electrons. The molecule has 7 heteroatoms. The average Bonchev–Trinajstić information content (AvgIpc) is 2.84. The number of nitrogens with zero attached hydrogens (tertiary/aromatic N) is 3. The van der Waals surface area contributed by atoms with Gasteiger partial charge >= 0.3 is 0 Å². The fraction of sp³-hybridized carbons (Fsp3) is 0.0741. The second kappa shape index (κ2) is 9.52. The Morgan fingerprint density at radius 3 is 2.65 bits per heavy atom. The highest BCUT2D eigenvalue weighted by molar-refractivity contribution is 9.10. The molecule has 0 fully saturated rings. The molecule has 5 rings (SSSR count). The normalized spacial score (nSPS) is 11.5. The van der Waals surface area contributed by atoms with Crippen LogP contribution in [0.4, 0.5) is 0 Å². The number of aromatic nitrogens is 2. The minimum atomic E-state index is -0.214. The van der Waals surface area contributed by atoms with Gasteiger partial charge < -0.3 is 4.74 Å². The summed E-state index contributed by atoms with van der Waals surface area (Å²) in [5.74, 6) is 1.25. The van der Waals surface area contributed by atoms with E-state index in [-0.39, 0.29) is 5.56 Å². The molecule has 0 aliphatic rings. The Morgan fingerprint density at radius 2 is 1.79 bits per heavy atom. The monoisotopic (exact) mass is 575 g/mol. The van der Waals surface area contributed by atoms with Crippen LogP contribution in [-0.2, 0) is 6.61 Å². The topological polar surface area (TPSA) is 56.5 Å². The quantitative estimate of drug-likeness (QED) is 0.215. The summed E-state index contributed by atoms with van der Waals surface area (Å²) in [6.07, 6.45) is 1.64. The lowest BCUT2D eigenvalue weighted by Crippen LogP contribution is -2.20. The minimum Gasteiger partial charge on any atom is -0.488 e. The van der Waals surface area contributed by atoms with E-state index < -0.39 is 0 Å². The van der Waals surface area contributed by atoms with Crippen molar-refractivity contribution in [2.45, 2.75) is 13.5 Å². The van der Waals surface area contributed by atoms with Crippen LogP contribution in [-0.4, -0.2) is 15.9 Å². The summed E-state index contributed by atoms with van der Waals surface area (Å²) in [5.41, 5.74) is 2.38. The molecule has 34 heavy (non-hydrogen) atoms. The summed E-state index contributed by atoms with van der Waals surface area (Å²) in [6, 6.07) is 25.6. The van der Waals surface area contributed by atoms with Gasteiger partial charge in [0.05, 0.1) is 21.6 Å². The van der Waals surface area contributed by atoms with E-state index in [9.17, 15) is 4.79 Å². The Kier molecular flexibility index (Phi) is 6.30. The third-order valence-electron chi connectivity index (χ3n) is 5.51. The van der Waals surface area contributed by atoms with E-state index in [0.717, 1.165) is 25.8 Å². The first kappa shape index (κ1) is 22.5. The van der Waals surface area contributed by atoms with Gasteiger partial charge in [-0.25, -0.2) is 4.98 Å². The zero-order valence-electron chi connectivity index (χ0n) is 18.2. The van der Waals surface area contributed by atoms with Gasteiger partial charge in [-0.1, -0.05) is 58.4 Å². The molecule has 5 aromatic rings. The van der Waals surface area contributed by atoms with Gasteiger partial charge in [0, 0.05) is 4.47 Å². The molecular weight excluding hydrogens is 558 g/mol. The van der Waals surface area contributed by atoms with E-state index >= 15 is 0 Å². The third-order valence-corrected chi connectivity index (χ3v) is 6.62.